The largest absolute Gasteiger partial charge is 0.316 e. The first kappa shape index (κ1) is 9.25. The van der Waals surface area contributed by atoms with E-state index in [4.69, 9.17) is 0 Å². The Bertz CT molecular complexity index is 465. The van der Waals surface area contributed by atoms with Gasteiger partial charge in [-0.1, -0.05) is 13.2 Å². The third kappa shape index (κ3) is 1.38. The molecule has 1 rings (SSSR count). The molecular formula is C9H10N2O2. The minimum Gasteiger partial charge on any atom is -0.316 e. The van der Waals surface area contributed by atoms with E-state index < -0.39 is 11.1 Å². The van der Waals surface area contributed by atoms with Gasteiger partial charge in [0.05, 0.1) is 11.4 Å². The minimum atomic E-state index is -0.650. The van der Waals surface area contributed by atoms with Crippen molar-refractivity contribution in [2.45, 2.75) is 0 Å². The van der Waals surface area contributed by atoms with E-state index in [1.54, 1.807) is 0 Å². The first-order valence-electron chi connectivity index (χ1n) is 3.70. The number of aromatic nitrogens is 2. The first-order chi connectivity index (χ1) is 6.11. The second-order valence-electron chi connectivity index (χ2n) is 2.53. The summed E-state index contributed by atoms with van der Waals surface area (Å²) in [6.45, 7) is 7.06. The highest BCUT2D eigenvalue weighted by Gasteiger charge is 2.04. The normalized spacial score (nSPS) is 9.62. The monoisotopic (exact) mass is 178 g/mol. The molecule has 0 bridgehead atoms. The van der Waals surface area contributed by atoms with Gasteiger partial charge in [0.15, 0.2) is 0 Å². The lowest BCUT2D eigenvalue weighted by Gasteiger charge is -2.05. The summed E-state index contributed by atoms with van der Waals surface area (Å²) in [5.41, 5.74) is -0.190. The van der Waals surface area contributed by atoms with Crippen LogP contribution in [0.5, 0.6) is 0 Å². The summed E-state index contributed by atoms with van der Waals surface area (Å²) < 4.78 is 1.24. The van der Waals surface area contributed by atoms with Crippen LogP contribution in [-0.4, -0.2) is 9.55 Å². The average molecular weight is 178 g/mol. The molecule has 0 saturated heterocycles. The van der Waals surface area contributed by atoms with E-state index in [9.17, 15) is 9.59 Å². The Morgan fingerprint density at radius 3 is 2.38 bits per heavy atom. The van der Waals surface area contributed by atoms with E-state index in [1.165, 1.54) is 23.8 Å². The van der Waals surface area contributed by atoms with Crippen molar-refractivity contribution in [3.63, 3.8) is 0 Å². The molecule has 0 unspecified atom stereocenters. The van der Waals surface area contributed by atoms with Gasteiger partial charge in [-0.25, -0.2) is 0 Å². The van der Waals surface area contributed by atoms with Crippen LogP contribution >= 0.6 is 0 Å². The lowest BCUT2D eigenvalue weighted by atomic mass is 10.3. The molecule has 68 valence electrons. The standard InChI is InChI=1S/C9H10N2O2/c1-4-6-7(5-2)11(3)9(13)8(12)10-6/h4-5H,1-2H2,3H3,(H,10,12). The smallest absolute Gasteiger partial charge is 0.316 e. The summed E-state index contributed by atoms with van der Waals surface area (Å²) >= 11 is 0. The van der Waals surface area contributed by atoms with Crippen molar-refractivity contribution in [2.24, 2.45) is 7.05 Å². The number of nitrogens with zero attached hydrogens (tertiary/aromatic N) is 1. The van der Waals surface area contributed by atoms with E-state index in [-0.39, 0.29) is 0 Å². The van der Waals surface area contributed by atoms with Crippen LogP contribution in [0.15, 0.2) is 22.7 Å². The average Bonchev–Trinajstić information content (AvgIpc) is 2.13. The lowest BCUT2D eigenvalue weighted by molar-refractivity contribution is 0.808. The van der Waals surface area contributed by atoms with Crippen molar-refractivity contribution < 1.29 is 0 Å². The highest BCUT2D eigenvalue weighted by molar-refractivity contribution is 5.56. The van der Waals surface area contributed by atoms with Gasteiger partial charge < -0.3 is 9.55 Å². The van der Waals surface area contributed by atoms with Crippen molar-refractivity contribution in [3.8, 4) is 0 Å². The first-order valence-corrected chi connectivity index (χ1v) is 3.70. The summed E-state index contributed by atoms with van der Waals surface area (Å²) in [4.78, 5) is 24.6. The highest BCUT2D eigenvalue weighted by Crippen LogP contribution is 2.02. The predicted molar refractivity (Wildman–Crippen MR) is 52.5 cm³/mol. The Morgan fingerprint density at radius 1 is 1.31 bits per heavy atom. The molecule has 0 spiro atoms. The van der Waals surface area contributed by atoms with Crippen molar-refractivity contribution >= 4 is 12.2 Å². The molecule has 0 aliphatic carbocycles. The van der Waals surface area contributed by atoms with Crippen LogP contribution < -0.4 is 11.1 Å². The van der Waals surface area contributed by atoms with Crippen molar-refractivity contribution in [3.05, 3.63) is 45.3 Å². The molecule has 1 N–H and O–H groups in total. The third-order valence-electron chi connectivity index (χ3n) is 1.78. The van der Waals surface area contributed by atoms with Crippen LogP contribution in [-0.2, 0) is 7.05 Å². The van der Waals surface area contributed by atoms with Gasteiger partial charge in [0, 0.05) is 7.05 Å². The number of hydrogen-bond donors (Lipinski definition) is 1. The molecule has 0 aromatic carbocycles. The highest BCUT2D eigenvalue weighted by atomic mass is 16.2. The van der Waals surface area contributed by atoms with Crippen molar-refractivity contribution in [1.82, 2.24) is 9.55 Å². The number of rotatable bonds is 2. The molecule has 0 fully saturated rings. The molecule has 4 heteroatoms. The fourth-order valence-corrected chi connectivity index (χ4v) is 1.08. The summed E-state index contributed by atoms with van der Waals surface area (Å²) in [6, 6.07) is 0. The Hall–Kier alpha value is -1.84. The summed E-state index contributed by atoms with van der Waals surface area (Å²) in [5, 5.41) is 0. The third-order valence-corrected chi connectivity index (χ3v) is 1.78. The van der Waals surface area contributed by atoms with Crippen molar-refractivity contribution in [2.75, 3.05) is 0 Å². The maximum Gasteiger partial charge on any atom is 0.316 e. The fourth-order valence-electron chi connectivity index (χ4n) is 1.08. The molecule has 0 saturated carbocycles. The van der Waals surface area contributed by atoms with Crippen LogP contribution in [0, 0.1) is 0 Å². The topological polar surface area (TPSA) is 54.9 Å². The van der Waals surface area contributed by atoms with Gasteiger partial charge >= 0.3 is 11.1 Å². The summed E-state index contributed by atoms with van der Waals surface area (Å²) in [6.07, 6.45) is 2.96. The Labute approximate surface area is 74.8 Å². The Balaban J connectivity index is 3.77. The van der Waals surface area contributed by atoms with Crippen LogP contribution in [0.4, 0.5) is 0 Å². The van der Waals surface area contributed by atoms with Gasteiger partial charge in [0.25, 0.3) is 0 Å². The fraction of sp³-hybridized carbons (Fsp3) is 0.111. The zero-order chi connectivity index (χ0) is 10.0. The summed E-state index contributed by atoms with van der Waals surface area (Å²) in [5.74, 6) is 0. The van der Waals surface area contributed by atoms with E-state index >= 15 is 0 Å². The summed E-state index contributed by atoms with van der Waals surface area (Å²) in [7, 11) is 1.52. The van der Waals surface area contributed by atoms with Gasteiger partial charge in [0.1, 0.15) is 0 Å². The molecule has 4 nitrogen and oxygen atoms in total. The quantitative estimate of drug-likeness (QED) is 0.665. The number of aromatic amines is 1. The van der Waals surface area contributed by atoms with E-state index in [1.807, 2.05) is 0 Å². The predicted octanol–water partition coefficient (Wildman–Crippen LogP) is 0.360. The molecule has 0 aliphatic heterocycles. The van der Waals surface area contributed by atoms with Gasteiger partial charge in [-0.3, -0.25) is 9.59 Å². The van der Waals surface area contributed by atoms with E-state index in [2.05, 4.69) is 18.1 Å². The number of nitrogens with one attached hydrogen (secondary N) is 1. The number of hydrogen-bond acceptors (Lipinski definition) is 2. The SMILES string of the molecule is C=Cc1[nH]c(=O)c(=O)n(C)c1C=C. The molecular weight excluding hydrogens is 168 g/mol. The van der Waals surface area contributed by atoms with Crippen LogP contribution in [0.1, 0.15) is 11.4 Å². The molecule has 0 atom stereocenters. The zero-order valence-electron chi connectivity index (χ0n) is 7.33. The second kappa shape index (κ2) is 3.26. The maximum atomic E-state index is 11.2. The molecule has 0 amide bonds. The molecule has 0 aliphatic rings. The molecule has 0 radical (unpaired) electrons. The van der Waals surface area contributed by atoms with E-state index in [0.717, 1.165) is 0 Å². The van der Waals surface area contributed by atoms with Crippen LogP contribution in [0.2, 0.25) is 0 Å². The second-order valence-corrected chi connectivity index (χ2v) is 2.53. The Morgan fingerprint density at radius 2 is 1.92 bits per heavy atom. The molecule has 1 aromatic heterocycles. The molecule has 1 aromatic rings. The van der Waals surface area contributed by atoms with Crippen LogP contribution in [0.3, 0.4) is 0 Å². The Kier molecular flexibility index (Phi) is 2.32. The molecule has 1 heterocycles. The lowest BCUT2D eigenvalue weighted by Crippen LogP contribution is -2.36. The minimum absolute atomic E-state index is 0.502. The zero-order valence-corrected chi connectivity index (χ0v) is 7.33. The van der Waals surface area contributed by atoms with Gasteiger partial charge in [-0.15, -0.1) is 0 Å². The maximum absolute atomic E-state index is 11.2. The van der Waals surface area contributed by atoms with Gasteiger partial charge in [0.2, 0.25) is 0 Å². The van der Waals surface area contributed by atoms with Crippen molar-refractivity contribution in [1.29, 1.82) is 0 Å². The van der Waals surface area contributed by atoms with Gasteiger partial charge in [-0.2, -0.15) is 0 Å². The number of H-pyrrole nitrogens is 1. The van der Waals surface area contributed by atoms with Crippen LogP contribution in [0.25, 0.3) is 12.2 Å². The molecule has 13 heavy (non-hydrogen) atoms. The van der Waals surface area contributed by atoms with Gasteiger partial charge in [-0.05, 0) is 12.2 Å². The van der Waals surface area contributed by atoms with E-state index in [0.29, 0.717) is 11.4 Å².